The van der Waals surface area contributed by atoms with Crippen molar-refractivity contribution in [3.8, 4) is 11.3 Å². The third-order valence-electron chi connectivity index (χ3n) is 7.68. The van der Waals surface area contributed by atoms with Crippen LogP contribution >= 0.6 is 0 Å². The van der Waals surface area contributed by atoms with Gasteiger partial charge in [-0.3, -0.25) is 9.20 Å². The van der Waals surface area contributed by atoms with Gasteiger partial charge >= 0.3 is 6.18 Å². The number of benzene rings is 1. The molecular weight excluding hydrogens is 539 g/mol. The molecule has 0 spiro atoms. The zero-order valence-electron chi connectivity index (χ0n) is 21.8. The number of likely N-dealkylation sites (tertiary alicyclic amines) is 1. The van der Waals surface area contributed by atoms with E-state index in [4.69, 9.17) is 10.7 Å². The molecule has 5 N–H and O–H groups in total. The summed E-state index contributed by atoms with van der Waals surface area (Å²) in [6.45, 7) is 1.02. The smallest absolute Gasteiger partial charge is 0.382 e. The Bertz CT molecular complexity index is 1600. The fraction of sp³-hybridized carbons (Fsp3) is 0.357. The molecule has 1 amide bonds. The van der Waals surface area contributed by atoms with E-state index in [9.17, 15) is 28.2 Å². The van der Waals surface area contributed by atoms with Crippen LogP contribution in [0.4, 0.5) is 24.8 Å². The third-order valence-corrected chi connectivity index (χ3v) is 7.68. The number of piperidine rings is 1. The van der Waals surface area contributed by atoms with Crippen LogP contribution in [-0.4, -0.2) is 59.1 Å². The van der Waals surface area contributed by atoms with E-state index >= 15 is 0 Å². The number of carbonyl (C=O) groups is 1. The Morgan fingerprint density at radius 2 is 1.90 bits per heavy atom. The Labute approximate surface area is 232 Å². The van der Waals surface area contributed by atoms with Gasteiger partial charge in [-0.25, -0.2) is 15.0 Å². The molecule has 10 nitrogen and oxygen atoms in total. The van der Waals surface area contributed by atoms with Crippen molar-refractivity contribution >= 4 is 23.1 Å². The van der Waals surface area contributed by atoms with Crippen LogP contribution in [0, 0.1) is 0 Å². The quantitative estimate of drug-likeness (QED) is 0.258. The van der Waals surface area contributed by atoms with E-state index in [0.29, 0.717) is 48.3 Å². The lowest BCUT2D eigenvalue weighted by atomic mass is 9.96. The number of hydrogen-bond acceptors (Lipinski definition) is 8. The number of halogens is 3. The number of rotatable bonds is 6. The van der Waals surface area contributed by atoms with Gasteiger partial charge in [0.2, 0.25) is 0 Å². The Morgan fingerprint density at radius 3 is 2.61 bits per heavy atom. The first-order valence-electron chi connectivity index (χ1n) is 13.3. The van der Waals surface area contributed by atoms with Crippen LogP contribution in [-0.2, 0) is 11.0 Å². The van der Waals surface area contributed by atoms with Gasteiger partial charge in [0, 0.05) is 48.7 Å². The molecule has 1 aliphatic carbocycles. The molecule has 4 heterocycles. The number of pyridine rings is 1. The molecule has 2 fully saturated rings. The van der Waals surface area contributed by atoms with Gasteiger partial charge in [0.05, 0.1) is 5.56 Å². The van der Waals surface area contributed by atoms with Gasteiger partial charge in [0.15, 0.2) is 6.23 Å². The number of fused-ring (bicyclic) bond motifs is 1. The average molecular weight is 568 g/mol. The predicted molar refractivity (Wildman–Crippen MR) is 143 cm³/mol. The molecule has 6 rings (SSSR count). The molecule has 4 aromatic rings. The summed E-state index contributed by atoms with van der Waals surface area (Å²) in [5, 5.41) is 23.6. The van der Waals surface area contributed by atoms with Crippen molar-refractivity contribution in [1.29, 1.82) is 0 Å². The number of alkyl halides is 3. The number of nitrogens with one attached hydrogen (secondary N) is 1. The van der Waals surface area contributed by atoms with Gasteiger partial charge in [0.25, 0.3) is 5.91 Å². The van der Waals surface area contributed by atoms with Gasteiger partial charge in [-0.1, -0.05) is 24.3 Å². The number of nitrogen functional groups attached to an aromatic ring is 1. The molecule has 13 heteroatoms. The number of anilines is 2. The predicted octanol–water partition coefficient (Wildman–Crippen LogP) is 3.73. The van der Waals surface area contributed by atoms with Gasteiger partial charge < -0.3 is 26.2 Å². The van der Waals surface area contributed by atoms with Crippen LogP contribution in [0.3, 0.4) is 0 Å². The highest BCUT2D eigenvalue weighted by Crippen LogP contribution is 2.40. The number of imidazole rings is 1. The molecule has 2 aliphatic rings. The van der Waals surface area contributed by atoms with Crippen molar-refractivity contribution in [2.24, 2.45) is 0 Å². The van der Waals surface area contributed by atoms with Crippen molar-refractivity contribution in [2.45, 2.75) is 49.6 Å². The number of aliphatic hydroxyl groups is 2. The van der Waals surface area contributed by atoms with Gasteiger partial charge in [-0.05, 0) is 37.8 Å². The molecule has 3 aromatic heterocycles. The first-order chi connectivity index (χ1) is 19.5. The van der Waals surface area contributed by atoms with Gasteiger partial charge in [0.1, 0.15) is 34.3 Å². The molecular formula is C28H28F3N7O3. The van der Waals surface area contributed by atoms with E-state index in [1.54, 1.807) is 41.6 Å². The number of amides is 1. The largest absolute Gasteiger partial charge is 0.416 e. The minimum absolute atomic E-state index is 0.0802. The number of nitrogens with two attached hydrogens (primary N) is 1. The summed E-state index contributed by atoms with van der Waals surface area (Å²) >= 11 is 0. The molecule has 2 atom stereocenters. The Hall–Kier alpha value is -4.23. The van der Waals surface area contributed by atoms with Crippen LogP contribution < -0.4 is 11.1 Å². The van der Waals surface area contributed by atoms with Gasteiger partial charge in [-0.2, -0.15) is 13.2 Å². The van der Waals surface area contributed by atoms with Crippen LogP contribution in [0.2, 0.25) is 0 Å². The number of nitrogens with zero attached hydrogens (tertiary/aromatic N) is 5. The maximum atomic E-state index is 13.0. The first-order valence-corrected chi connectivity index (χ1v) is 13.3. The second-order valence-corrected chi connectivity index (χ2v) is 10.6. The molecule has 41 heavy (non-hydrogen) atoms. The Kier molecular flexibility index (Phi) is 6.57. The molecule has 0 radical (unpaired) electrons. The SMILES string of the molecule is Nc1nccn2c([C@@H]3CCCN(C(=O)C4(O)CC4)C3)nc(-c3ccc([C@H](O)Nc4cc(C(F)(F)F)ccn4)cc3)c12. The highest BCUT2D eigenvalue weighted by molar-refractivity contribution is 5.88. The topological polar surface area (TPSA) is 142 Å². The lowest BCUT2D eigenvalue weighted by molar-refractivity contribution is -0.143. The summed E-state index contributed by atoms with van der Waals surface area (Å²) in [4.78, 5) is 27.6. The summed E-state index contributed by atoms with van der Waals surface area (Å²) < 4.78 is 41.0. The first kappa shape index (κ1) is 27.0. The van der Waals surface area contributed by atoms with Crippen molar-refractivity contribution < 1.29 is 28.2 Å². The summed E-state index contributed by atoms with van der Waals surface area (Å²) in [5.41, 5.74) is 6.45. The molecule has 1 saturated heterocycles. The maximum Gasteiger partial charge on any atom is 0.416 e. The minimum Gasteiger partial charge on any atom is -0.382 e. The number of aliphatic hydroxyl groups excluding tert-OH is 1. The lowest BCUT2D eigenvalue weighted by Crippen LogP contribution is -2.45. The van der Waals surface area contributed by atoms with E-state index in [0.717, 1.165) is 37.0 Å². The molecule has 1 saturated carbocycles. The fourth-order valence-electron chi connectivity index (χ4n) is 5.31. The zero-order valence-corrected chi connectivity index (χ0v) is 21.8. The fourth-order valence-corrected chi connectivity index (χ4v) is 5.31. The molecule has 1 aromatic carbocycles. The van der Waals surface area contributed by atoms with Crippen LogP contribution in [0.1, 0.15) is 54.8 Å². The highest BCUT2D eigenvalue weighted by atomic mass is 19.4. The number of aromatic nitrogens is 4. The number of carbonyl (C=O) groups excluding carboxylic acids is 1. The monoisotopic (exact) mass is 567 g/mol. The van der Waals surface area contributed by atoms with E-state index in [1.807, 2.05) is 4.40 Å². The zero-order chi connectivity index (χ0) is 28.9. The highest BCUT2D eigenvalue weighted by Gasteiger charge is 2.50. The van der Waals surface area contributed by atoms with Crippen LogP contribution in [0.25, 0.3) is 16.8 Å². The van der Waals surface area contributed by atoms with Crippen molar-refractivity contribution in [1.82, 2.24) is 24.3 Å². The van der Waals surface area contributed by atoms with Crippen LogP contribution in [0.5, 0.6) is 0 Å². The van der Waals surface area contributed by atoms with Gasteiger partial charge in [-0.15, -0.1) is 0 Å². The standard InChI is InChI=1S/C28H28F3N7O3/c29-28(30,31)19-7-10-33-20(14-19)35-25(39)17-5-3-16(4-6-17)21-22-23(32)34-11-13-38(22)24(36-21)18-2-1-12-37(15-18)26(40)27(41)8-9-27/h3-7,10-11,13-14,18,25,39,41H,1-2,8-9,12,15H2,(H2,32,34)(H,33,35)/t18-,25+/m1/s1. The van der Waals surface area contributed by atoms with E-state index in [1.165, 1.54) is 0 Å². The second kappa shape index (κ2) is 10.00. The van der Waals surface area contributed by atoms with Crippen LogP contribution in [0.15, 0.2) is 55.0 Å². The van der Waals surface area contributed by atoms with E-state index in [-0.39, 0.29) is 23.5 Å². The van der Waals surface area contributed by atoms with E-state index < -0.39 is 23.6 Å². The third kappa shape index (κ3) is 5.18. The van der Waals surface area contributed by atoms with Crippen molar-refractivity contribution in [3.63, 3.8) is 0 Å². The minimum atomic E-state index is -4.53. The van der Waals surface area contributed by atoms with Crippen molar-refractivity contribution in [3.05, 3.63) is 71.9 Å². The Balaban J connectivity index is 1.26. The van der Waals surface area contributed by atoms with E-state index in [2.05, 4.69) is 15.3 Å². The maximum absolute atomic E-state index is 13.0. The molecule has 214 valence electrons. The normalized spacial score (nSPS) is 19.2. The molecule has 0 unspecified atom stereocenters. The lowest BCUT2D eigenvalue weighted by Gasteiger charge is -2.33. The van der Waals surface area contributed by atoms with Crippen molar-refractivity contribution in [2.75, 3.05) is 24.1 Å². The summed E-state index contributed by atoms with van der Waals surface area (Å²) in [5.74, 6) is 0.578. The second-order valence-electron chi connectivity index (χ2n) is 10.6. The molecule has 1 aliphatic heterocycles. The molecule has 0 bridgehead atoms. The Morgan fingerprint density at radius 1 is 1.15 bits per heavy atom. The number of hydrogen-bond donors (Lipinski definition) is 4. The summed E-state index contributed by atoms with van der Waals surface area (Å²) in [7, 11) is 0. The summed E-state index contributed by atoms with van der Waals surface area (Å²) in [6.07, 6.45) is 1.10. The summed E-state index contributed by atoms with van der Waals surface area (Å²) in [6, 6.07) is 8.42. The average Bonchev–Trinajstić information content (AvgIpc) is 3.59.